The van der Waals surface area contributed by atoms with Crippen LogP contribution in [0, 0.1) is 5.92 Å². The molecular weight excluding hydrogens is 256 g/mol. The van der Waals surface area contributed by atoms with Crippen LogP contribution in [0.1, 0.15) is 32.6 Å². The van der Waals surface area contributed by atoms with Crippen LogP contribution in [0.2, 0.25) is 0 Å². The second-order valence-electron chi connectivity index (χ2n) is 5.31. The molecule has 0 aromatic carbocycles. The second-order valence-corrected chi connectivity index (χ2v) is 5.31. The Morgan fingerprint density at radius 2 is 2.20 bits per heavy atom. The molecule has 0 spiro atoms. The summed E-state index contributed by atoms with van der Waals surface area (Å²) in [6.45, 7) is 2.20. The van der Waals surface area contributed by atoms with Crippen LogP contribution in [0.15, 0.2) is 28.3 Å². The summed E-state index contributed by atoms with van der Waals surface area (Å²) in [6.07, 6.45) is 7.32. The fourth-order valence-electron chi connectivity index (χ4n) is 2.71. The molecule has 2 atom stereocenters. The van der Waals surface area contributed by atoms with Crippen molar-refractivity contribution in [1.82, 2.24) is 10.4 Å². The minimum absolute atomic E-state index is 0.281. The van der Waals surface area contributed by atoms with Crippen LogP contribution < -0.4 is 22.6 Å². The summed E-state index contributed by atoms with van der Waals surface area (Å²) >= 11 is 0. The van der Waals surface area contributed by atoms with Crippen LogP contribution in [0.25, 0.3) is 0 Å². The fourth-order valence-corrected chi connectivity index (χ4v) is 2.71. The molecule has 0 bridgehead atoms. The van der Waals surface area contributed by atoms with Crippen molar-refractivity contribution in [2.45, 2.75) is 38.6 Å². The number of hydrazone groups is 1. The first-order valence-corrected chi connectivity index (χ1v) is 6.86. The lowest BCUT2D eigenvalue weighted by Gasteiger charge is -2.34. The topological polar surface area (TPSA) is 123 Å². The highest BCUT2D eigenvalue weighted by molar-refractivity contribution is 6.13. The number of carbonyl (C=O) groups excluding carboxylic acids is 1. The molecule has 110 valence electrons. The van der Waals surface area contributed by atoms with Crippen LogP contribution in [0.5, 0.6) is 0 Å². The lowest BCUT2D eigenvalue weighted by atomic mass is 9.85. The largest absolute Gasteiger partial charge is 0.403 e. The highest BCUT2D eigenvalue weighted by atomic mass is 16.1. The molecule has 7 heteroatoms. The van der Waals surface area contributed by atoms with Crippen LogP contribution in [0.3, 0.4) is 0 Å². The number of primary amides is 1. The van der Waals surface area contributed by atoms with E-state index in [1.165, 1.54) is 31.7 Å². The van der Waals surface area contributed by atoms with Crippen molar-refractivity contribution >= 4 is 12.1 Å². The highest BCUT2D eigenvalue weighted by Gasteiger charge is 2.28. The van der Waals surface area contributed by atoms with Crippen molar-refractivity contribution in [2.75, 3.05) is 0 Å². The van der Waals surface area contributed by atoms with E-state index in [0.29, 0.717) is 22.9 Å². The van der Waals surface area contributed by atoms with Gasteiger partial charge in [-0.3, -0.25) is 4.79 Å². The van der Waals surface area contributed by atoms with E-state index in [9.17, 15) is 4.79 Å². The molecule has 0 saturated heterocycles. The average molecular weight is 278 g/mol. The molecule has 20 heavy (non-hydrogen) atoms. The average Bonchev–Trinajstić information content (AvgIpc) is 2.41. The van der Waals surface area contributed by atoms with Crippen molar-refractivity contribution in [3.8, 4) is 0 Å². The molecule has 1 aliphatic heterocycles. The molecule has 7 N–H and O–H groups in total. The van der Waals surface area contributed by atoms with Gasteiger partial charge in [0.1, 0.15) is 5.70 Å². The first-order valence-electron chi connectivity index (χ1n) is 6.86. The number of hydrogen-bond donors (Lipinski definition) is 4. The van der Waals surface area contributed by atoms with Gasteiger partial charge in [-0.05, 0) is 18.8 Å². The van der Waals surface area contributed by atoms with Crippen molar-refractivity contribution in [2.24, 2.45) is 28.3 Å². The van der Waals surface area contributed by atoms with Gasteiger partial charge in [-0.2, -0.15) is 10.2 Å². The van der Waals surface area contributed by atoms with Gasteiger partial charge in [-0.25, -0.2) is 5.84 Å². The Morgan fingerprint density at radius 1 is 1.50 bits per heavy atom. The van der Waals surface area contributed by atoms with Gasteiger partial charge < -0.3 is 16.8 Å². The van der Waals surface area contributed by atoms with Gasteiger partial charge in [0.05, 0.1) is 17.5 Å². The zero-order valence-electron chi connectivity index (χ0n) is 11.7. The summed E-state index contributed by atoms with van der Waals surface area (Å²) in [7, 11) is 0. The summed E-state index contributed by atoms with van der Waals surface area (Å²) in [5.74, 6) is 5.72. The lowest BCUT2D eigenvalue weighted by molar-refractivity contribution is -0.114. The lowest BCUT2D eigenvalue weighted by Crippen LogP contribution is -2.43. The van der Waals surface area contributed by atoms with E-state index in [0.717, 1.165) is 11.5 Å². The molecule has 0 aromatic heterocycles. The van der Waals surface area contributed by atoms with E-state index in [2.05, 4.69) is 17.3 Å². The van der Waals surface area contributed by atoms with Crippen molar-refractivity contribution < 1.29 is 4.79 Å². The van der Waals surface area contributed by atoms with Gasteiger partial charge in [0.25, 0.3) is 5.91 Å². The molecular formula is C13H22N6O. The number of amides is 1. The smallest absolute Gasteiger partial charge is 0.252 e. The fraction of sp³-hybridized carbons (Fsp3) is 0.538. The third-order valence-electron chi connectivity index (χ3n) is 3.95. The predicted molar refractivity (Wildman–Crippen MR) is 77.6 cm³/mol. The summed E-state index contributed by atoms with van der Waals surface area (Å²) < 4.78 is 0. The SMILES string of the molecule is CC1CCCCC1NC1=C(C(N)=O)C=NN(N)/C1=C\N. The molecule has 0 radical (unpaired) electrons. The van der Waals surface area contributed by atoms with Gasteiger partial charge in [0, 0.05) is 12.2 Å². The van der Waals surface area contributed by atoms with Crippen molar-refractivity contribution in [3.05, 3.63) is 23.2 Å². The van der Waals surface area contributed by atoms with Gasteiger partial charge >= 0.3 is 0 Å². The number of nitrogens with two attached hydrogens (primary N) is 3. The van der Waals surface area contributed by atoms with Crippen molar-refractivity contribution in [1.29, 1.82) is 0 Å². The van der Waals surface area contributed by atoms with Crippen LogP contribution in [-0.2, 0) is 4.79 Å². The Morgan fingerprint density at radius 3 is 2.80 bits per heavy atom. The third kappa shape index (κ3) is 2.77. The Balaban J connectivity index is 2.31. The van der Waals surface area contributed by atoms with E-state index < -0.39 is 5.91 Å². The minimum atomic E-state index is -0.549. The molecule has 2 aliphatic rings. The summed E-state index contributed by atoms with van der Waals surface area (Å²) in [4.78, 5) is 11.6. The molecule has 1 amide bonds. The first kappa shape index (κ1) is 14.4. The zero-order chi connectivity index (χ0) is 14.7. The maximum Gasteiger partial charge on any atom is 0.252 e. The molecule has 7 nitrogen and oxygen atoms in total. The van der Waals surface area contributed by atoms with E-state index in [1.807, 2.05) is 0 Å². The number of nitrogens with one attached hydrogen (secondary N) is 1. The van der Waals surface area contributed by atoms with Crippen molar-refractivity contribution in [3.63, 3.8) is 0 Å². The van der Waals surface area contributed by atoms with Crippen LogP contribution in [0.4, 0.5) is 0 Å². The van der Waals surface area contributed by atoms with Gasteiger partial charge in [0.2, 0.25) is 0 Å². The number of rotatable bonds is 3. The number of hydrazine groups is 1. The molecule has 2 rings (SSSR count). The number of hydrogen-bond acceptors (Lipinski definition) is 6. The summed E-state index contributed by atoms with van der Waals surface area (Å²) in [5.41, 5.74) is 12.3. The molecule has 1 saturated carbocycles. The van der Waals surface area contributed by atoms with E-state index in [1.54, 1.807) is 0 Å². The Kier molecular flexibility index (Phi) is 4.29. The molecule has 1 heterocycles. The van der Waals surface area contributed by atoms with E-state index in [-0.39, 0.29) is 6.04 Å². The maximum atomic E-state index is 11.6. The highest BCUT2D eigenvalue weighted by Crippen LogP contribution is 2.27. The third-order valence-corrected chi connectivity index (χ3v) is 3.95. The second kappa shape index (κ2) is 5.96. The summed E-state index contributed by atoms with van der Waals surface area (Å²) in [5, 5.41) is 8.42. The van der Waals surface area contributed by atoms with Gasteiger partial charge in [-0.1, -0.05) is 19.8 Å². The molecule has 1 aliphatic carbocycles. The molecule has 0 aromatic rings. The monoisotopic (exact) mass is 278 g/mol. The number of carbonyl (C=O) groups is 1. The van der Waals surface area contributed by atoms with E-state index >= 15 is 0 Å². The Bertz CT molecular complexity index is 481. The van der Waals surface area contributed by atoms with Crippen LogP contribution in [-0.4, -0.2) is 23.3 Å². The zero-order valence-corrected chi connectivity index (χ0v) is 11.7. The maximum absolute atomic E-state index is 11.6. The van der Waals surface area contributed by atoms with Gasteiger partial charge in [-0.15, -0.1) is 0 Å². The van der Waals surface area contributed by atoms with Gasteiger partial charge in [0.15, 0.2) is 0 Å². The predicted octanol–water partition coefficient (Wildman–Crippen LogP) is -0.131. The Labute approximate surface area is 118 Å². The normalized spacial score (nSPS) is 28.9. The standard InChI is InChI=1S/C13H22N6O/c1-8-4-2-3-5-10(8)18-12-9(13(15)20)7-17-19(16)11(12)6-14/h6-8,10,18H,2-5,14,16H2,1H3,(H2,15,20)/b11-6-. The Hall–Kier alpha value is -2.02. The minimum Gasteiger partial charge on any atom is -0.403 e. The van der Waals surface area contributed by atoms with E-state index in [4.69, 9.17) is 17.3 Å². The molecule has 1 fully saturated rings. The number of nitrogens with zero attached hydrogens (tertiary/aromatic N) is 2. The first-order chi connectivity index (χ1) is 9.54. The van der Waals surface area contributed by atoms with Crippen LogP contribution >= 0.6 is 0 Å². The quantitative estimate of drug-likeness (QED) is 0.535. The molecule has 2 unspecified atom stereocenters. The summed E-state index contributed by atoms with van der Waals surface area (Å²) in [6, 6.07) is 0.281.